The van der Waals surface area contributed by atoms with Gasteiger partial charge in [-0.25, -0.2) is 5.43 Å². The summed E-state index contributed by atoms with van der Waals surface area (Å²) in [6.45, 7) is 6.83. The van der Waals surface area contributed by atoms with Gasteiger partial charge >= 0.3 is 0 Å². The van der Waals surface area contributed by atoms with Crippen LogP contribution >= 0.6 is 0 Å². The van der Waals surface area contributed by atoms with Crippen LogP contribution in [0.2, 0.25) is 0 Å². The number of aromatic nitrogens is 2. The number of benzene rings is 1. The summed E-state index contributed by atoms with van der Waals surface area (Å²) in [6, 6.07) is 9.53. The van der Waals surface area contributed by atoms with E-state index in [0.717, 1.165) is 42.1 Å². The quantitative estimate of drug-likeness (QED) is 0.460. The van der Waals surface area contributed by atoms with Crippen molar-refractivity contribution in [1.82, 2.24) is 15.2 Å². The fraction of sp³-hybridized carbons (Fsp3) is 0.389. The molecule has 2 aromatic rings. The number of hydrogen-bond donors (Lipinski definition) is 1. The second kappa shape index (κ2) is 8.86. The summed E-state index contributed by atoms with van der Waals surface area (Å²) in [7, 11) is 0. The Morgan fingerprint density at radius 3 is 2.71 bits per heavy atom. The summed E-state index contributed by atoms with van der Waals surface area (Å²) in [4.78, 5) is 11.9. The number of aryl methyl sites for hydroxylation is 2. The van der Waals surface area contributed by atoms with E-state index >= 15 is 0 Å². The molecule has 6 heteroatoms. The first-order valence-corrected chi connectivity index (χ1v) is 8.14. The monoisotopic (exact) mass is 328 g/mol. The molecular formula is C18H24N4O2. The third-order valence-corrected chi connectivity index (χ3v) is 3.45. The zero-order valence-corrected chi connectivity index (χ0v) is 14.5. The maximum atomic E-state index is 11.9. The number of nitrogens with zero attached hydrogens (tertiary/aromatic N) is 3. The van der Waals surface area contributed by atoms with E-state index in [1.54, 1.807) is 10.9 Å². The highest BCUT2D eigenvalue weighted by Crippen LogP contribution is 2.11. The van der Waals surface area contributed by atoms with Crippen LogP contribution in [0.4, 0.5) is 0 Å². The molecule has 1 aromatic carbocycles. The number of ether oxygens (including phenoxy) is 1. The minimum absolute atomic E-state index is 0.154. The molecule has 0 saturated carbocycles. The van der Waals surface area contributed by atoms with Gasteiger partial charge in [-0.3, -0.25) is 9.48 Å². The zero-order chi connectivity index (χ0) is 17.4. The second-order valence-corrected chi connectivity index (χ2v) is 5.65. The van der Waals surface area contributed by atoms with Crippen LogP contribution in [0.1, 0.15) is 36.7 Å². The van der Waals surface area contributed by atoms with E-state index in [0.29, 0.717) is 0 Å². The van der Waals surface area contributed by atoms with Gasteiger partial charge in [0.15, 0.2) is 0 Å². The molecule has 0 spiro atoms. The number of rotatable bonds is 8. The van der Waals surface area contributed by atoms with E-state index < -0.39 is 0 Å². The molecule has 1 aromatic heterocycles. The summed E-state index contributed by atoms with van der Waals surface area (Å²) in [6.07, 6.45) is 3.77. The Bertz CT molecular complexity index is 690. The van der Waals surface area contributed by atoms with Gasteiger partial charge in [0.2, 0.25) is 0 Å². The Labute approximate surface area is 142 Å². The first kappa shape index (κ1) is 17.7. The number of hydrogen-bond acceptors (Lipinski definition) is 4. The molecule has 0 bridgehead atoms. The van der Waals surface area contributed by atoms with Gasteiger partial charge in [0, 0.05) is 5.69 Å². The van der Waals surface area contributed by atoms with Gasteiger partial charge in [-0.2, -0.15) is 10.2 Å². The molecule has 0 aliphatic carbocycles. The van der Waals surface area contributed by atoms with Crippen molar-refractivity contribution in [3.63, 3.8) is 0 Å². The molecule has 128 valence electrons. The van der Waals surface area contributed by atoms with E-state index in [4.69, 9.17) is 4.74 Å². The van der Waals surface area contributed by atoms with E-state index in [1.165, 1.54) is 0 Å². The number of amides is 1. The molecular weight excluding hydrogens is 304 g/mol. The average molecular weight is 328 g/mol. The molecule has 1 heterocycles. The molecule has 6 nitrogen and oxygen atoms in total. The molecule has 1 N–H and O–H groups in total. The molecule has 2 rings (SSSR count). The third kappa shape index (κ3) is 5.53. The first-order chi connectivity index (χ1) is 11.6. The maximum Gasteiger partial charge on any atom is 0.261 e. The summed E-state index contributed by atoms with van der Waals surface area (Å²) in [5.41, 5.74) is 5.25. The number of nitrogens with one attached hydrogen (secondary N) is 1. The minimum Gasteiger partial charge on any atom is -0.494 e. The highest BCUT2D eigenvalue weighted by molar-refractivity contribution is 5.82. The lowest BCUT2D eigenvalue weighted by atomic mass is 10.2. The lowest BCUT2D eigenvalue weighted by molar-refractivity contribution is -0.121. The summed E-state index contributed by atoms with van der Waals surface area (Å²) < 4.78 is 7.26. The van der Waals surface area contributed by atoms with Crippen molar-refractivity contribution in [3.8, 4) is 5.75 Å². The third-order valence-electron chi connectivity index (χ3n) is 3.45. The van der Waals surface area contributed by atoms with Crippen LogP contribution in [-0.4, -0.2) is 28.5 Å². The van der Waals surface area contributed by atoms with Gasteiger partial charge in [0.1, 0.15) is 12.3 Å². The summed E-state index contributed by atoms with van der Waals surface area (Å²) in [5.74, 6) is 0.631. The van der Waals surface area contributed by atoms with Gasteiger partial charge in [0.25, 0.3) is 5.91 Å². The lowest BCUT2D eigenvalue weighted by Crippen LogP contribution is -2.24. The van der Waals surface area contributed by atoms with Crippen molar-refractivity contribution in [2.75, 3.05) is 6.61 Å². The van der Waals surface area contributed by atoms with Crippen LogP contribution in [0.25, 0.3) is 0 Å². The van der Waals surface area contributed by atoms with Gasteiger partial charge in [-0.1, -0.05) is 13.3 Å². The molecule has 0 unspecified atom stereocenters. The van der Waals surface area contributed by atoms with Crippen LogP contribution < -0.4 is 10.2 Å². The van der Waals surface area contributed by atoms with Crippen LogP contribution in [0, 0.1) is 13.8 Å². The number of unbranched alkanes of at least 4 members (excludes halogenated alkanes) is 1. The standard InChI is InChI=1S/C18H24N4O2/c1-4-5-10-24-17-8-6-16(7-9-17)12-19-20-18(23)13-22-15(3)11-14(2)21-22/h6-9,11-12H,4-5,10,13H2,1-3H3,(H,20,23)/b19-12-. The lowest BCUT2D eigenvalue weighted by Gasteiger charge is -2.05. The van der Waals surface area contributed by atoms with Crippen molar-refractivity contribution in [2.24, 2.45) is 5.10 Å². The number of carbonyl (C=O) groups is 1. The number of hydrazone groups is 1. The van der Waals surface area contributed by atoms with E-state index in [2.05, 4.69) is 22.5 Å². The topological polar surface area (TPSA) is 68.5 Å². The Kier molecular flexibility index (Phi) is 6.54. The first-order valence-electron chi connectivity index (χ1n) is 8.14. The molecule has 0 atom stereocenters. The smallest absolute Gasteiger partial charge is 0.261 e. The molecule has 0 aliphatic rings. The average Bonchev–Trinajstić information content (AvgIpc) is 2.86. The highest BCUT2D eigenvalue weighted by atomic mass is 16.5. The molecule has 0 radical (unpaired) electrons. The highest BCUT2D eigenvalue weighted by Gasteiger charge is 2.05. The minimum atomic E-state index is -0.211. The maximum absolute atomic E-state index is 11.9. The molecule has 1 amide bonds. The zero-order valence-electron chi connectivity index (χ0n) is 14.5. The molecule has 0 fully saturated rings. The van der Waals surface area contributed by atoms with Crippen LogP contribution in [-0.2, 0) is 11.3 Å². The van der Waals surface area contributed by atoms with Gasteiger partial charge in [-0.15, -0.1) is 0 Å². The second-order valence-electron chi connectivity index (χ2n) is 5.65. The van der Waals surface area contributed by atoms with E-state index in [1.807, 2.05) is 44.2 Å². The van der Waals surface area contributed by atoms with Crippen LogP contribution in [0.15, 0.2) is 35.4 Å². The largest absolute Gasteiger partial charge is 0.494 e. The molecule has 24 heavy (non-hydrogen) atoms. The van der Waals surface area contributed by atoms with Crippen molar-refractivity contribution in [3.05, 3.63) is 47.3 Å². The van der Waals surface area contributed by atoms with E-state index in [9.17, 15) is 4.79 Å². The van der Waals surface area contributed by atoms with Crippen molar-refractivity contribution >= 4 is 12.1 Å². The fourth-order valence-electron chi connectivity index (χ4n) is 2.17. The van der Waals surface area contributed by atoms with Gasteiger partial charge in [-0.05, 0) is 56.2 Å². The fourth-order valence-corrected chi connectivity index (χ4v) is 2.17. The van der Waals surface area contributed by atoms with Crippen LogP contribution in [0.3, 0.4) is 0 Å². The van der Waals surface area contributed by atoms with E-state index in [-0.39, 0.29) is 12.5 Å². The summed E-state index contributed by atoms with van der Waals surface area (Å²) in [5, 5.41) is 8.22. The van der Waals surface area contributed by atoms with Gasteiger partial charge < -0.3 is 4.74 Å². The Balaban J connectivity index is 1.80. The normalized spacial score (nSPS) is 11.0. The predicted molar refractivity (Wildman–Crippen MR) is 94.3 cm³/mol. The number of carbonyl (C=O) groups excluding carboxylic acids is 1. The van der Waals surface area contributed by atoms with Gasteiger partial charge in [0.05, 0.1) is 18.5 Å². The van der Waals surface area contributed by atoms with Crippen molar-refractivity contribution in [1.29, 1.82) is 0 Å². The van der Waals surface area contributed by atoms with Crippen molar-refractivity contribution in [2.45, 2.75) is 40.2 Å². The Hall–Kier alpha value is -2.63. The molecule has 0 aliphatic heterocycles. The van der Waals surface area contributed by atoms with Crippen LogP contribution in [0.5, 0.6) is 5.75 Å². The molecule has 0 saturated heterocycles. The van der Waals surface area contributed by atoms with Crippen molar-refractivity contribution < 1.29 is 9.53 Å². The SMILES string of the molecule is CCCCOc1ccc(/C=N\NC(=O)Cn2nc(C)cc2C)cc1. The Morgan fingerprint density at radius 2 is 2.08 bits per heavy atom. The Morgan fingerprint density at radius 1 is 1.33 bits per heavy atom. The summed E-state index contributed by atoms with van der Waals surface area (Å²) >= 11 is 0. The predicted octanol–water partition coefficient (Wildman–Crippen LogP) is 2.83.